The molecule has 2 saturated heterocycles. The maximum atomic E-state index is 13.4. The van der Waals surface area contributed by atoms with Crippen LogP contribution in [0, 0.1) is 5.92 Å². The second-order valence-corrected chi connectivity index (χ2v) is 9.03. The molecule has 0 aliphatic carbocycles. The quantitative estimate of drug-likeness (QED) is 0.756. The predicted octanol–water partition coefficient (Wildman–Crippen LogP) is 2.70. The van der Waals surface area contributed by atoms with Crippen LogP contribution in [-0.4, -0.2) is 47.4 Å². The van der Waals surface area contributed by atoms with Crippen LogP contribution < -0.4 is 15.4 Å². The largest absolute Gasteiger partial charge is 0.493 e. The lowest BCUT2D eigenvalue weighted by molar-refractivity contribution is -0.143. The molecular weight excluding hydrogens is 394 g/mol. The van der Waals surface area contributed by atoms with E-state index in [1.807, 2.05) is 38.1 Å². The van der Waals surface area contributed by atoms with Crippen LogP contribution >= 0.6 is 0 Å². The topological polar surface area (TPSA) is 87.7 Å². The van der Waals surface area contributed by atoms with Gasteiger partial charge in [-0.05, 0) is 44.6 Å². The fourth-order valence-electron chi connectivity index (χ4n) is 5.01. The molecule has 4 rings (SSSR count). The Morgan fingerprint density at radius 3 is 2.71 bits per heavy atom. The number of amides is 3. The summed E-state index contributed by atoms with van der Waals surface area (Å²) >= 11 is 0. The van der Waals surface area contributed by atoms with Gasteiger partial charge in [0.2, 0.25) is 17.7 Å². The Labute approximate surface area is 183 Å². The van der Waals surface area contributed by atoms with Crippen LogP contribution in [0.1, 0.15) is 70.4 Å². The molecule has 1 aromatic rings. The number of carbonyl (C=O) groups is 3. The minimum Gasteiger partial charge on any atom is -0.493 e. The van der Waals surface area contributed by atoms with Gasteiger partial charge in [0.15, 0.2) is 0 Å². The van der Waals surface area contributed by atoms with Gasteiger partial charge in [-0.2, -0.15) is 0 Å². The molecule has 1 unspecified atom stereocenters. The van der Waals surface area contributed by atoms with Gasteiger partial charge >= 0.3 is 0 Å². The fourth-order valence-corrected chi connectivity index (χ4v) is 5.01. The number of nitrogens with zero attached hydrogens (tertiary/aromatic N) is 1. The maximum Gasteiger partial charge on any atom is 0.246 e. The van der Waals surface area contributed by atoms with Crippen LogP contribution in [0.2, 0.25) is 0 Å². The summed E-state index contributed by atoms with van der Waals surface area (Å²) in [6, 6.07) is 6.72. The summed E-state index contributed by atoms with van der Waals surface area (Å²) < 4.78 is 5.70. The Balaban J connectivity index is 1.47. The van der Waals surface area contributed by atoms with Crippen molar-refractivity contribution < 1.29 is 19.1 Å². The van der Waals surface area contributed by atoms with Gasteiger partial charge < -0.3 is 20.3 Å². The van der Waals surface area contributed by atoms with E-state index in [0.717, 1.165) is 37.0 Å². The summed E-state index contributed by atoms with van der Waals surface area (Å²) in [5, 5.41) is 6.12. The lowest BCUT2D eigenvalue weighted by Gasteiger charge is -2.33. The molecule has 3 aliphatic heterocycles. The molecule has 2 fully saturated rings. The average molecular weight is 428 g/mol. The Morgan fingerprint density at radius 1 is 1.10 bits per heavy atom. The summed E-state index contributed by atoms with van der Waals surface area (Å²) in [7, 11) is 0. The summed E-state index contributed by atoms with van der Waals surface area (Å²) in [4.78, 5) is 40.9. The molecule has 0 aromatic heterocycles. The normalized spacial score (nSPS) is 28.6. The zero-order chi connectivity index (χ0) is 22.0. The minimum absolute atomic E-state index is 0.0794. The molecule has 168 valence electrons. The molecule has 0 bridgehead atoms. The smallest absolute Gasteiger partial charge is 0.246 e. The number of carbonyl (C=O) groups excluding carboxylic acids is 3. The summed E-state index contributed by atoms with van der Waals surface area (Å²) in [6.07, 6.45) is 5.33. The van der Waals surface area contributed by atoms with E-state index in [-0.39, 0.29) is 35.7 Å². The van der Waals surface area contributed by atoms with Gasteiger partial charge in [-0.1, -0.05) is 32.0 Å². The van der Waals surface area contributed by atoms with Crippen LogP contribution in [0.4, 0.5) is 0 Å². The average Bonchev–Trinajstić information content (AvgIpc) is 3.15. The molecular formula is C24H33N3O4. The molecule has 3 heterocycles. The minimum atomic E-state index is -0.538. The van der Waals surface area contributed by atoms with Crippen LogP contribution in [-0.2, 0) is 14.4 Å². The van der Waals surface area contributed by atoms with Crippen LogP contribution in [0.3, 0.4) is 0 Å². The molecule has 3 aliphatic rings. The highest BCUT2D eigenvalue weighted by molar-refractivity contribution is 5.93. The Hall–Kier alpha value is -2.57. The number of hydrogen-bond acceptors (Lipinski definition) is 4. The lowest BCUT2D eigenvalue weighted by atomic mass is 10.00. The summed E-state index contributed by atoms with van der Waals surface area (Å²) in [5.41, 5.74) is 0.984. The van der Waals surface area contributed by atoms with E-state index in [1.165, 1.54) is 0 Å². The van der Waals surface area contributed by atoms with Crippen molar-refractivity contribution >= 4 is 17.7 Å². The van der Waals surface area contributed by atoms with Crippen molar-refractivity contribution in [3.8, 4) is 5.75 Å². The molecule has 5 atom stereocenters. The SMILES string of the molecule is CC[C@@H](C)C(=O)N[C@H]1CCC[C@H]2CCC(C(=O)N[C@@H]3CCOc4ccccc43)N2C1=O. The number of benzene rings is 1. The standard InChI is InChI=1S/C24H33N3O4/c1-3-15(2)22(28)26-19-9-6-7-16-11-12-20(27(16)24(19)30)23(29)25-18-13-14-31-21-10-5-4-8-17(18)21/h4-5,8,10,15-16,18-20H,3,6-7,9,11-14H2,1-2H3,(H,25,29)(H,26,28)/t15-,16+,18-,19+,20?/m1/s1. The first-order valence-corrected chi connectivity index (χ1v) is 11.6. The van der Waals surface area contributed by atoms with Gasteiger partial charge in [-0.3, -0.25) is 14.4 Å². The van der Waals surface area contributed by atoms with Crippen molar-refractivity contribution in [2.45, 2.75) is 83.0 Å². The number of fused-ring (bicyclic) bond motifs is 2. The van der Waals surface area contributed by atoms with Crippen LogP contribution in [0.15, 0.2) is 24.3 Å². The maximum absolute atomic E-state index is 13.4. The number of hydrogen-bond donors (Lipinski definition) is 2. The zero-order valence-electron chi connectivity index (χ0n) is 18.4. The second kappa shape index (κ2) is 9.28. The van der Waals surface area contributed by atoms with Gasteiger partial charge in [0.1, 0.15) is 17.8 Å². The number of ether oxygens (including phenoxy) is 1. The molecule has 0 radical (unpaired) electrons. The molecule has 1 aromatic carbocycles. The van der Waals surface area contributed by atoms with Gasteiger partial charge in [0, 0.05) is 23.9 Å². The molecule has 7 heteroatoms. The highest BCUT2D eigenvalue weighted by atomic mass is 16.5. The second-order valence-electron chi connectivity index (χ2n) is 9.03. The third-order valence-electron chi connectivity index (χ3n) is 7.04. The molecule has 2 N–H and O–H groups in total. The third-order valence-corrected chi connectivity index (χ3v) is 7.04. The van der Waals surface area contributed by atoms with E-state index in [0.29, 0.717) is 25.9 Å². The van der Waals surface area contributed by atoms with Crippen molar-refractivity contribution in [2.75, 3.05) is 6.61 Å². The van der Waals surface area contributed by atoms with Gasteiger partial charge in [0.05, 0.1) is 12.6 Å². The number of rotatable bonds is 5. The first-order valence-electron chi connectivity index (χ1n) is 11.6. The van der Waals surface area contributed by atoms with Crippen molar-refractivity contribution in [3.63, 3.8) is 0 Å². The molecule has 31 heavy (non-hydrogen) atoms. The monoisotopic (exact) mass is 427 g/mol. The zero-order valence-corrected chi connectivity index (χ0v) is 18.4. The van der Waals surface area contributed by atoms with Crippen LogP contribution in [0.5, 0.6) is 5.75 Å². The third kappa shape index (κ3) is 4.41. The number of nitrogens with one attached hydrogen (secondary N) is 2. The molecule has 0 saturated carbocycles. The van der Waals surface area contributed by atoms with Crippen molar-refractivity contribution in [2.24, 2.45) is 5.92 Å². The summed E-state index contributed by atoms with van der Waals surface area (Å²) in [6.45, 7) is 4.39. The molecule has 7 nitrogen and oxygen atoms in total. The Morgan fingerprint density at radius 2 is 1.90 bits per heavy atom. The predicted molar refractivity (Wildman–Crippen MR) is 116 cm³/mol. The van der Waals surface area contributed by atoms with E-state index in [9.17, 15) is 14.4 Å². The fraction of sp³-hybridized carbons (Fsp3) is 0.625. The van der Waals surface area contributed by atoms with E-state index in [4.69, 9.17) is 4.74 Å². The van der Waals surface area contributed by atoms with Crippen molar-refractivity contribution in [1.29, 1.82) is 0 Å². The summed E-state index contributed by atoms with van der Waals surface area (Å²) in [5.74, 6) is 0.383. The molecule has 3 amide bonds. The van der Waals surface area contributed by atoms with Gasteiger partial charge in [-0.15, -0.1) is 0 Å². The molecule has 0 spiro atoms. The van der Waals surface area contributed by atoms with Crippen molar-refractivity contribution in [3.05, 3.63) is 29.8 Å². The Kier molecular flexibility index (Phi) is 6.49. The van der Waals surface area contributed by atoms with E-state index in [1.54, 1.807) is 4.90 Å². The highest BCUT2D eigenvalue weighted by Crippen LogP contribution is 2.34. The van der Waals surface area contributed by atoms with Crippen molar-refractivity contribution in [1.82, 2.24) is 15.5 Å². The first-order chi connectivity index (χ1) is 15.0. The van der Waals surface area contributed by atoms with E-state index >= 15 is 0 Å². The lowest BCUT2D eigenvalue weighted by Crippen LogP contribution is -2.55. The van der Waals surface area contributed by atoms with Crippen LogP contribution in [0.25, 0.3) is 0 Å². The first kappa shape index (κ1) is 21.7. The Bertz CT molecular complexity index is 842. The van der Waals surface area contributed by atoms with Gasteiger partial charge in [0.25, 0.3) is 0 Å². The number of para-hydroxylation sites is 1. The van der Waals surface area contributed by atoms with E-state index < -0.39 is 12.1 Å². The highest BCUT2D eigenvalue weighted by Gasteiger charge is 2.45. The van der Waals surface area contributed by atoms with Gasteiger partial charge in [-0.25, -0.2) is 0 Å². The van der Waals surface area contributed by atoms with E-state index in [2.05, 4.69) is 10.6 Å².